The van der Waals surface area contributed by atoms with Crippen LogP contribution in [0.15, 0.2) is 0 Å². The molecule has 1 fully saturated rings. The van der Waals surface area contributed by atoms with Gasteiger partial charge in [0, 0.05) is 18.6 Å². The summed E-state index contributed by atoms with van der Waals surface area (Å²) in [5, 5.41) is 0. The van der Waals surface area contributed by atoms with Crippen molar-refractivity contribution in [3.63, 3.8) is 0 Å². The zero-order valence-corrected chi connectivity index (χ0v) is 14.2. The maximum Gasteiger partial charge on any atom is 0.00795 e. The van der Waals surface area contributed by atoms with E-state index in [-0.39, 0.29) is 0 Å². The van der Waals surface area contributed by atoms with Crippen LogP contribution < -0.4 is 5.73 Å². The lowest BCUT2D eigenvalue weighted by atomic mass is 9.76. The molecule has 2 nitrogen and oxygen atoms in total. The Morgan fingerprint density at radius 3 is 2.74 bits per heavy atom. The third kappa shape index (κ3) is 6.05. The monoisotopic (exact) mass is 286 g/mol. The second-order valence-corrected chi connectivity index (χ2v) is 7.45. The number of nitrogens with zero attached hydrogens (tertiary/aromatic N) is 1. The molecular weight excluding hydrogens is 252 g/mol. The molecule has 1 aliphatic rings. The van der Waals surface area contributed by atoms with E-state index >= 15 is 0 Å². The highest BCUT2D eigenvalue weighted by atomic mass is 32.2. The summed E-state index contributed by atoms with van der Waals surface area (Å²) in [6.07, 6.45) is 10.2. The van der Waals surface area contributed by atoms with Crippen LogP contribution in [0.3, 0.4) is 0 Å². The van der Waals surface area contributed by atoms with E-state index in [9.17, 15) is 0 Å². The molecule has 1 saturated carbocycles. The molecule has 0 aromatic carbocycles. The minimum absolute atomic E-state index is 0.434. The summed E-state index contributed by atoms with van der Waals surface area (Å²) >= 11 is 1.95. The molecule has 4 atom stereocenters. The third-order valence-corrected chi connectivity index (χ3v) is 5.51. The van der Waals surface area contributed by atoms with Gasteiger partial charge in [-0.15, -0.1) is 0 Å². The fraction of sp³-hybridized carbons (Fsp3) is 1.00. The number of rotatable bonds is 8. The molecule has 0 aromatic rings. The van der Waals surface area contributed by atoms with Crippen molar-refractivity contribution in [2.24, 2.45) is 17.6 Å². The van der Waals surface area contributed by atoms with Gasteiger partial charge in [-0.25, -0.2) is 0 Å². The first-order valence-corrected chi connectivity index (χ1v) is 9.42. The van der Waals surface area contributed by atoms with Crippen molar-refractivity contribution in [3.8, 4) is 0 Å². The summed E-state index contributed by atoms with van der Waals surface area (Å²) in [5.41, 5.74) is 6.36. The molecule has 2 N–H and O–H groups in total. The van der Waals surface area contributed by atoms with Gasteiger partial charge >= 0.3 is 0 Å². The zero-order valence-electron chi connectivity index (χ0n) is 13.4. The van der Waals surface area contributed by atoms with Gasteiger partial charge in [0.15, 0.2) is 0 Å². The summed E-state index contributed by atoms with van der Waals surface area (Å²) < 4.78 is 0. The predicted molar refractivity (Wildman–Crippen MR) is 88.8 cm³/mol. The molecule has 1 aliphatic carbocycles. The van der Waals surface area contributed by atoms with Crippen LogP contribution >= 0.6 is 11.8 Å². The molecule has 0 bridgehead atoms. The molecule has 0 heterocycles. The van der Waals surface area contributed by atoms with Crippen LogP contribution in [0.2, 0.25) is 0 Å². The lowest BCUT2D eigenvalue weighted by Crippen LogP contribution is -2.44. The number of nitrogens with two attached hydrogens (primary N) is 1. The van der Waals surface area contributed by atoms with Crippen molar-refractivity contribution >= 4 is 11.8 Å². The summed E-state index contributed by atoms with van der Waals surface area (Å²) in [4.78, 5) is 2.54. The Morgan fingerprint density at radius 2 is 2.11 bits per heavy atom. The van der Waals surface area contributed by atoms with E-state index < -0.39 is 0 Å². The Labute approximate surface area is 124 Å². The predicted octanol–water partition coefficient (Wildman–Crippen LogP) is 3.60. The number of hydrogen-bond acceptors (Lipinski definition) is 3. The van der Waals surface area contributed by atoms with Crippen LogP contribution in [0.4, 0.5) is 0 Å². The van der Waals surface area contributed by atoms with Crippen LogP contribution in [0, 0.1) is 11.8 Å². The Bertz CT molecular complexity index is 235. The SMILES string of the molecule is CCCC1CCC(N)C(CN(C)C(C)CCSC)C1. The summed E-state index contributed by atoms with van der Waals surface area (Å²) in [6.45, 7) is 5.85. The second kappa shape index (κ2) is 9.25. The van der Waals surface area contributed by atoms with Crippen LogP contribution in [0.5, 0.6) is 0 Å². The molecule has 19 heavy (non-hydrogen) atoms. The molecule has 0 amide bonds. The van der Waals surface area contributed by atoms with Gasteiger partial charge in [0.25, 0.3) is 0 Å². The van der Waals surface area contributed by atoms with Gasteiger partial charge in [-0.05, 0) is 63.5 Å². The molecule has 0 aliphatic heterocycles. The van der Waals surface area contributed by atoms with Gasteiger partial charge in [-0.2, -0.15) is 11.8 Å². The van der Waals surface area contributed by atoms with Gasteiger partial charge < -0.3 is 10.6 Å². The largest absolute Gasteiger partial charge is 0.327 e. The second-order valence-electron chi connectivity index (χ2n) is 6.46. The van der Waals surface area contributed by atoms with E-state index in [1.807, 2.05) is 11.8 Å². The Morgan fingerprint density at radius 1 is 1.37 bits per heavy atom. The van der Waals surface area contributed by atoms with Crippen LogP contribution in [-0.4, -0.2) is 42.6 Å². The number of thioether (sulfide) groups is 1. The Balaban J connectivity index is 2.39. The Hall–Kier alpha value is 0.270. The highest BCUT2D eigenvalue weighted by Crippen LogP contribution is 2.32. The van der Waals surface area contributed by atoms with Crippen LogP contribution in [0.25, 0.3) is 0 Å². The smallest absolute Gasteiger partial charge is 0.00795 e. The van der Waals surface area contributed by atoms with Crippen molar-refractivity contribution in [2.75, 3.05) is 25.6 Å². The van der Waals surface area contributed by atoms with Crippen molar-refractivity contribution < 1.29 is 0 Å². The maximum absolute atomic E-state index is 6.36. The van der Waals surface area contributed by atoms with Crippen LogP contribution in [-0.2, 0) is 0 Å². The molecule has 0 saturated heterocycles. The van der Waals surface area contributed by atoms with E-state index in [4.69, 9.17) is 5.73 Å². The minimum Gasteiger partial charge on any atom is -0.327 e. The van der Waals surface area contributed by atoms with Gasteiger partial charge in [-0.1, -0.05) is 19.8 Å². The lowest BCUT2D eigenvalue weighted by Gasteiger charge is -2.38. The van der Waals surface area contributed by atoms with Crippen molar-refractivity contribution in [3.05, 3.63) is 0 Å². The van der Waals surface area contributed by atoms with Crippen molar-refractivity contribution in [1.82, 2.24) is 4.90 Å². The van der Waals surface area contributed by atoms with E-state index in [0.29, 0.717) is 18.0 Å². The third-order valence-electron chi connectivity index (χ3n) is 4.86. The molecule has 114 valence electrons. The molecule has 0 aromatic heterocycles. The molecule has 4 unspecified atom stereocenters. The fourth-order valence-electron chi connectivity index (χ4n) is 3.32. The molecule has 0 spiro atoms. The molecule has 0 radical (unpaired) electrons. The molecule has 3 heteroatoms. The molecular formula is C16H34N2S. The average Bonchev–Trinajstić information content (AvgIpc) is 2.40. The standard InChI is InChI=1S/C16H34N2S/c1-5-6-14-7-8-16(17)15(11-14)12-18(3)13(2)9-10-19-4/h13-16H,5-12,17H2,1-4H3. The fourth-order valence-corrected chi connectivity index (χ4v) is 3.90. The first kappa shape index (κ1) is 17.3. The van der Waals surface area contributed by atoms with E-state index in [0.717, 1.165) is 5.92 Å². The van der Waals surface area contributed by atoms with Crippen molar-refractivity contribution in [2.45, 2.75) is 64.5 Å². The van der Waals surface area contributed by atoms with E-state index in [1.54, 1.807) is 0 Å². The van der Waals surface area contributed by atoms with Gasteiger partial charge in [0.05, 0.1) is 0 Å². The quantitative estimate of drug-likeness (QED) is 0.739. The summed E-state index contributed by atoms with van der Waals surface area (Å²) in [7, 11) is 2.28. The maximum atomic E-state index is 6.36. The average molecular weight is 287 g/mol. The first-order chi connectivity index (χ1) is 9.08. The highest BCUT2D eigenvalue weighted by molar-refractivity contribution is 7.98. The van der Waals surface area contributed by atoms with Gasteiger partial charge in [0.2, 0.25) is 0 Å². The Kier molecular flexibility index (Phi) is 8.43. The first-order valence-electron chi connectivity index (χ1n) is 8.03. The highest BCUT2D eigenvalue weighted by Gasteiger charge is 2.29. The minimum atomic E-state index is 0.434. The van der Waals surface area contributed by atoms with Crippen LogP contribution in [0.1, 0.15) is 52.4 Å². The summed E-state index contributed by atoms with van der Waals surface area (Å²) in [6, 6.07) is 1.12. The zero-order chi connectivity index (χ0) is 14.3. The topological polar surface area (TPSA) is 29.3 Å². The lowest BCUT2D eigenvalue weighted by molar-refractivity contribution is 0.145. The van der Waals surface area contributed by atoms with E-state index in [2.05, 4.69) is 32.1 Å². The van der Waals surface area contributed by atoms with Gasteiger partial charge in [0.1, 0.15) is 0 Å². The number of hydrogen-bond donors (Lipinski definition) is 1. The molecule has 1 rings (SSSR count). The van der Waals surface area contributed by atoms with Gasteiger partial charge in [-0.3, -0.25) is 0 Å². The summed E-state index contributed by atoms with van der Waals surface area (Å²) in [5.74, 6) is 2.91. The normalized spacial score (nSPS) is 29.7. The van der Waals surface area contributed by atoms with Crippen molar-refractivity contribution in [1.29, 1.82) is 0 Å². The van der Waals surface area contributed by atoms with E-state index in [1.165, 1.54) is 50.8 Å².